The maximum atomic E-state index is 10.3. The van der Waals surface area contributed by atoms with Crippen LogP contribution in [-0.4, -0.2) is 5.78 Å². The van der Waals surface area contributed by atoms with Crippen LogP contribution in [0.4, 0.5) is 0 Å². The minimum absolute atomic E-state index is 0.179. The van der Waals surface area contributed by atoms with Crippen molar-refractivity contribution >= 4 is 15.3 Å². The van der Waals surface area contributed by atoms with Crippen molar-refractivity contribution in [1.82, 2.24) is 0 Å². The van der Waals surface area contributed by atoms with Gasteiger partial charge in [-0.15, -0.1) is 0 Å². The molecule has 3 heteroatoms. The molecule has 10 heavy (non-hydrogen) atoms. The van der Waals surface area contributed by atoms with Crippen LogP contribution in [0.3, 0.4) is 0 Å². The summed E-state index contributed by atoms with van der Waals surface area (Å²) < 4.78 is 0. The maximum absolute atomic E-state index is 10.3. The van der Waals surface area contributed by atoms with Crippen molar-refractivity contribution in [3.8, 4) is 0 Å². The number of hydrogen-bond donors (Lipinski definition) is 0. The molecule has 64 valence electrons. The van der Waals surface area contributed by atoms with Crippen LogP contribution in [0.1, 0.15) is 27.2 Å². The van der Waals surface area contributed by atoms with Crippen LogP contribution in [0.5, 0.6) is 0 Å². The van der Waals surface area contributed by atoms with Crippen molar-refractivity contribution < 1.29 is 23.0 Å². The van der Waals surface area contributed by atoms with Crippen molar-refractivity contribution in [3.63, 3.8) is 0 Å². The van der Waals surface area contributed by atoms with Crippen LogP contribution >= 0.6 is 9.53 Å². The molecule has 0 aliphatic heterocycles. The molecular formula is C7H13ClOPd. The van der Waals surface area contributed by atoms with Crippen molar-refractivity contribution in [1.29, 1.82) is 0 Å². The number of carbonyl (C=O) groups is 1. The average molecular weight is 255 g/mol. The molecule has 0 aliphatic carbocycles. The van der Waals surface area contributed by atoms with Crippen molar-refractivity contribution in [3.05, 3.63) is 6.42 Å². The van der Waals surface area contributed by atoms with Gasteiger partial charge in [0.1, 0.15) is 0 Å². The molecular weight excluding hydrogens is 242 g/mol. The Morgan fingerprint density at radius 1 is 1.60 bits per heavy atom. The van der Waals surface area contributed by atoms with E-state index >= 15 is 0 Å². The third kappa shape index (κ3) is 15.8. The summed E-state index contributed by atoms with van der Waals surface area (Å²) in [4.78, 5) is 10.3. The van der Waals surface area contributed by atoms with E-state index in [2.05, 4.69) is 41.6 Å². The van der Waals surface area contributed by atoms with Gasteiger partial charge in [-0.2, -0.15) is 6.42 Å². The summed E-state index contributed by atoms with van der Waals surface area (Å²) in [6.45, 7) is 5.78. The van der Waals surface area contributed by atoms with Gasteiger partial charge in [-0.25, -0.2) is 0 Å². The molecule has 0 heterocycles. The second-order valence-corrected chi connectivity index (χ2v) is 2.44. The Balaban J connectivity index is 0. The molecule has 0 saturated carbocycles. The zero-order chi connectivity index (χ0) is 8.57. The Kier molecular flexibility index (Phi) is 12.4. The topological polar surface area (TPSA) is 17.1 Å². The fourth-order valence-electron chi connectivity index (χ4n) is 0.402. The standard InChI is InChI=1S/C7H13O.ClH.Pd/c1-6(2)4-5-7(3)8;;/h5-6H,4H2,1-3H3;1H;/q-1;;+2/p-1. The van der Waals surface area contributed by atoms with E-state index in [4.69, 9.17) is 0 Å². The van der Waals surface area contributed by atoms with Gasteiger partial charge in [0, 0.05) is 0 Å². The first-order valence-electron chi connectivity index (χ1n) is 3.08. The summed E-state index contributed by atoms with van der Waals surface area (Å²) >= 11 is 2.22. The first-order chi connectivity index (χ1) is 4.63. The van der Waals surface area contributed by atoms with E-state index in [1.54, 1.807) is 13.3 Å². The average Bonchev–Trinajstić information content (AvgIpc) is 1.89. The van der Waals surface area contributed by atoms with E-state index in [-0.39, 0.29) is 5.78 Å². The number of halogens is 1. The van der Waals surface area contributed by atoms with Gasteiger partial charge in [-0.1, -0.05) is 19.8 Å². The molecule has 0 unspecified atom stereocenters. The van der Waals surface area contributed by atoms with Crippen LogP contribution < -0.4 is 0 Å². The first kappa shape index (κ1) is 13.1. The number of ketones is 1. The number of Topliss-reactive ketones (excluding diaryl/α,β-unsaturated/α-hetero) is 1. The third-order valence-electron chi connectivity index (χ3n) is 0.877. The fraction of sp³-hybridized carbons (Fsp3) is 0.714. The summed E-state index contributed by atoms with van der Waals surface area (Å²) in [6, 6.07) is 0. The number of carbonyl (C=O) groups excluding carboxylic acids is 1. The van der Waals surface area contributed by atoms with Gasteiger partial charge < -0.3 is 11.2 Å². The predicted octanol–water partition coefficient (Wildman–Crippen LogP) is 2.51. The van der Waals surface area contributed by atoms with Gasteiger partial charge in [0.2, 0.25) is 0 Å². The summed E-state index contributed by atoms with van der Waals surface area (Å²) in [7, 11) is 4.49. The van der Waals surface area contributed by atoms with E-state index in [1.807, 2.05) is 0 Å². The molecule has 0 bridgehead atoms. The third-order valence-corrected chi connectivity index (χ3v) is 0.877. The van der Waals surface area contributed by atoms with E-state index in [0.29, 0.717) is 5.92 Å². The van der Waals surface area contributed by atoms with Crippen LogP contribution in [0.2, 0.25) is 0 Å². The van der Waals surface area contributed by atoms with Gasteiger partial charge >= 0.3 is 27.7 Å². The SMILES string of the molecule is CC(=O)[CH-]CC(C)C.[Cl][Pd+]. The minimum atomic E-state index is 0.179. The van der Waals surface area contributed by atoms with Gasteiger partial charge in [0.05, 0.1) is 0 Å². The summed E-state index contributed by atoms with van der Waals surface area (Å²) in [5.74, 6) is 0.789. The molecule has 0 rings (SSSR count). The fourth-order valence-corrected chi connectivity index (χ4v) is 0.402. The Labute approximate surface area is 77.9 Å². The second kappa shape index (κ2) is 9.49. The van der Waals surface area contributed by atoms with Crippen LogP contribution in [0.15, 0.2) is 0 Å². The Hall–Kier alpha value is 0.492. The molecule has 0 aromatic heterocycles. The number of rotatable bonds is 3. The first-order valence-corrected chi connectivity index (χ1v) is 5.09. The quantitative estimate of drug-likeness (QED) is 0.559. The van der Waals surface area contributed by atoms with E-state index in [9.17, 15) is 4.79 Å². The predicted molar refractivity (Wildman–Crippen MR) is 40.3 cm³/mol. The zero-order valence-electron chi connectivity index (χ0n) is 6.46. The second-order valence-electron chi connectivity index (χ2n) is 2.44. The van der Waals surface area contributed by atoms with Crippen LogP contribution in [0.25, 0.3) is 0 Å². The Morgan fingerprint density at radius 2 is 2.00 bits per heavy atom. The van der Waals surface area contributed by atoms with Gasteiger partial charge in [0.25, 0.3) is 0 Å². The number of hydrogen-bond acceptors (Lipinski definition) is 1. The summed E-state index contributed by atoms with van der Waals surface area (Å²) in [6.07, 6.45) is 2.64. The monoisotopic (exact) mass is 254 g/mol. The molecule has 0 aliphatic rings. The van der Waals surface area contributed by atoms with Gasteiger partial charge in [-0.3, -0.25) is 0 Å². The van der Waals surface area contributed by atoms with Crippen molar-refractivity contribution in [2.75, 3.05) is 0 Å². The molecule has 0 radical (unpaired) electrons. The van der Waals surface area contributed by atoms with Gasteiger partial charge in [0.15, 0.2) is 0 Å². The van der Waals surface area contributed by atoms with Crippen LogP contribution in [0, 0.1) is 12.3 Å². The molecule has 0 aromatic carbocycles. The summed E-state index contributed by atoms with van der Waals surface area (Å²) in [5, 5.41) is 0. The van der Waals surface area contributed by atoms with Crippen molar-refractivity contribution in [2.45, 2.75) is 27.2 Å². The Morgan fingerprint density at radius 3 is 2.10 bits per heavy atom. The van der Waals surface area contributed by atoms with Gasteiger partial charge in [-0.05, 0) is 12.7 Å². The molecule has 0 amide bonds. The molecule has 0 atom stereocenters. The molecule has 1 nitrogen and oxygen atoms in total. The van der Waals surface area contributed by atoms with E-state index < -0.39 is 0 Å². The van der Waals surface area contributed by atoms with E-state index in [0.717, 1.165) is 6.42 Å². The van der Waals surface area contributed by atoms with Crippen LogP contribution in [-0.2, 0) is 23.0 Å². The normalized spacial score (nSPS) is 8.30. The Bertz CT molecular complexity index is 83.7. The molecule has 0 spiro atoms. The molecule has 0 N–H and O–H groups in total. The zero-order valence-corrected chi connectivity index (χ0v) is 8.77. The summed E-state index contributed by atoms with van der Waals surface area (Å²) in [5.41, 5.74) is 0. The van der Waals surface area contributed by atoms with Crippen molar-refractivity contribution in [2.24, 2.45) is 5.92 Å². The molecule has 0 fully saturated rings. The van der Waals surface area contributed by atoms with E-state index in [1.165, 1.54) is 0 Å². The molecule has 0 saturated heterocycles. The molecule has 0 aromatic rings.